The Bertz CT molecular complexity index is 623. The second-order valence-electron chi connectivity index (χ2n) is 4.80. The first kappa shape index (κ1) is 16.2. The Labute approximate surface area is 131 Å². The van der Waals surface area contributed by atoms with Crippen molar-refractivity contribution in [2.45, 2.75) is 24.9 Å². The van der Waals surface area contributed by atoms with Crippen LogP contribution in [0.2, 0.25) is 5.02 Å². The molecule has 1 aliphatic rings. The topological polar surface area (TPSA) is 84.5 Å². The van der Waals surface area contributed by atoms with Crippen molar-refractivity contribution in [3.05, 3.63) is 34.6 Å². The van der Waals surface area contributed by atoms with E-state index in [4.69, 9.17) is 11.6 Å². The number of esters is 1. The fourth-order valence-corrected chi connectivity index (χ4v) is 2.26. The van der Waals surface area contributed by atoms with Gasteiger partial charge in [0, 0.05) is 6.42 Å². The Balaban J connectivity index is 2.19. The Morgan fingerprint density at radius 1 is 1.50 bits per heavy atom. The molecule has 0 radical (unpaired) electrons. The standard InChI is InChI=1S/C14H14ClFN2O4/c1-22-14(21)12(7-2-3-8(15)9(16)6-7)18-13(20)10-4-5-11(19)17-10/h2-3,6,10,12H,4-5H2,1H3,(H,17,19)(H,18,20)/t10-,12-/m0/s1. The van der Waals surface area contributed by atoms with E-state index in [9.17, 15) is 18.8 Å². The molecule has 0 saturated carbocycles. The molecule has 2 atom stereocenters. The molecule has 22 heavy (non-hydrogen) atoms. The molecule has 8 heteroatoms. The van der Waals surface area contributed by atoms with Crippen LogP contribution >= 0.6 is 11.6 Å². The van der Waals surface area contributed by atoms with Crippen LogP contribution in [0, 0.1) is 5.82 Å². The largest absolute Gasteiger partial charge is 0.467 e. The highest BCUT2D eigenvalue weighted by Crippen LogP contribution is 2.22. The number of hydrogen-bond donors (Lipinski definition) is 2. The monoisotopic (exact) mass is 328 g/mol. The van der Waals surface area contributed by atoms with Gasteiger partial charge in [-0.1, -0.05) is 17.7 Å². The highest BCUT2D eigenvalue weighted by atomic mass is 35.5. The summed E-state index contributed by atoms with van der Waals surface area (Å²) in [5, 5.41) is 4.85. The zero-order chi connectivity index (χ0) is 16.3. The number of nitrogens with one attached hydrogen (secondary N) is 2. The molecule has 1 fully saturated rings. The molecule has 2 rings (SSSR count). The minimum Gasteiger partial charge on any atom is -0.467 e. The quantitative estimate of drug-likeness (QED) is 0.810. The van der Waals surface area contributed by atoms with Gasteiger partial charge < -0.3 is 15.4 Å². The highest BCUT2D eigenvalue weighted by molar-refractivity contribution is 6.30. The van der Waals surface area contributed by atoms with Crippen LogP contribution in [-0.4, -0.2) is 30.9 Å². The smallest absolute Gasteiger partial charge is 0.333 e. The molecule has 0 spiro atoms. The van der Waals surface area contributed by atoms with E-state index in [0.717, 1.165) is 13.2 Å². The zero-order valence-electron chi connectivity index (χ0n) is 11.7. The number of benzene rings is 1. The molecular formula is C14H14ClFN2O4. The van der Waals surface area contributed by atoms with Crippen molar-refractivity contribution in [2.75, 3.05) is 7.11 Å². The van der Waals surface area contributed by atoms with E-state index in [2.05, 4.69) is 15.4 Å². The van der Waals surface area contributed by atoms with Gasteiger partial charge in [0.05, 0.1) is 12.1 Å². The van der Waals surface area contributed by atoms with Crippen molar-refractivity contribution >= 4 is 29.4 Å². The van der Waals surface area contributed by atoms with E-state index < -0.39 is 29.8 Å². The number of carbonyl (C=O) groups excluding carboxylic acids is 3. The predicted molar refractivity (Wildman–Crippen MR) is 75.5 cm³/mol. The fourth-order valence-electron chi connectivity index (χ4n) is 2.14. The molecule has 0 aromatic heterocycles. The van der Waals surface area contributed by atoms with Crippen molar-refractivity contribution in [3.63, 3.8) is 0 Å². The number of methoxy groups -OCH3 is 1. The van der Waals surface area contributed by atoms with E-state index in [1.54, 1.807) is 0 Å². The first-order valence-corrected chi connectivity index (χ1v) is 6.92. The summed E-state index contributed by atoms with van der Waals surface area (Å²) in [6.07, 6.45) is 0.587. The van der Waals surface area contributed by atoms with Crippen molar-refractivity contribution in [1.29, 1.82) is 0 Å². The van der Waals surface area contributed by atoms with Gasteiger partial charge in [-0.15, -0.1) is 0 Å². The van der Waals surface area contributed by atoms with E-state index in [1.165, 1.54) is 12.1 Å². The van der Waals surface area contributed by atoms with Crippen molar-refractivity contribution in [3.8, 4) is 0 Å². The average molecular weight is 329 g/mol. The summed E-state index contributed by atoms with van der Waals surface area (Å²) in [5.41, 5.74) is 0.200. The van der Waals surface area contributed by atoms with Crippen molar-refractivity contribution < 1.29 is 23.5 Å². The van der Waals surface area contributed by atoms with Gasteiger partial charge in [-0.05, 0) is 24.1 Å². The second-order valence-corrected chi connectivity index (χ2v) is 5.20. The van der Waals surface area contributed by atoms with Crippen LogP contribution in [0.25, 0.3) is 0 Å². The van der Waals surface area contributed by atoms with Crippen LogP contribution in [0.15, 0.2) is 18.2 Å². The fraction of sp³-hybridized carbons (Fsp3) is 0.357. The summed E-state index contributed by atoms with van der Waals surface area (Å²) in [5.74, 6) is -2.22. The van der Waals surface area contributed by atoms with Crippen LogP contribution in [0.5, 0.6) is 0 Å². The molecule has 1 saturated heterocycles. The summed E-state index contributed by atoms with van der Waals surface area (Å²) >= 11 is 5.60. The number of hydrogen-bond acceptors (Lipinski definition) is 4. The van der Waals surface area contributed by atoms with E-state index in [-0.39, 0.29) is 22.9 Å². The summed E-state index contributed by atoms with van der Waals surface area (Å²) in [7, 11) is 1.16. The molecule has 1 aliphatic heterocycles. The highest BCUT2D eigenvalue weighted by Gasteiger charge is 2.31. The molecular weight excluding hydrogens is 315 g/mol. The van der Waals surface area contributed by atoms with Gasteiger partial charge >= 0.3 is 5.97 Å². The van der Waals surface area contributed by atoms with Gasteiger partial charge in [0.15, 0.2) is 6.04 Å². The van der Waals surface area contributed by atoms with Gasteiger partial charge in [-0.2, -0.15) is 0 Å². The van der Waals surface area contributed by atoms with Gasteiger partial charge in [0.25, 0.3) is 0 Å². The van der Waals surface area contributed by atoms with Crippen molar-refractivity contribution in [2.24, 2.45) is 0 Å². The first-order chi connectivity index (χ1) is 10.4. The number of rotatable bonds is 4. The number of halogens is 2. The lowest BCUT2D eigenvalue weighted by Gasteiger charge is -2.19. The summed E-state index contributed by atoms with van der Waals surface area (Å²) in [6.45, 7) is 0. The Hall–Kier alpha value is -2.15. The normalized spacial score (nSPS) is 18.5. The third-order valence-electron chi connectivity index (χ3n) is 3.31. The number of ether oxygens (including phenoxy) is 1. The first-order valence-electron chi connectivity index (χ1n) is 6.55. The van der Waals surface area contributed by atoms with Gasteiger partial charge in [-0.3, -0.25) is 9.59 Å². The van der Waals surface area contributed by atoms with Crippen LogP contribution < -0.4 is 10.6 Å². The minimum atomic E-state index is -1.18. The lowest BCUT2D eigenvalue weighted by atomic mass is 10.1. The van der Waals surface area contributed by atoms with Gasteiger partial charge in [0.2, 0.25) is 11.8 Å². The maximum atomic E-state index is 13.5. The lowest BCUT2D eigenvalue weighted by molar-refractivity contribution is -0.145. The predicted octanol–water partition coefficient (Wildman–Crippen LogP) is 1.09. The molecule has 118 valence electrons. The molecule has 0 bridgehead atoms. The van der Waals surface area contributed by atoms with E-state index >= 15 is 0 Å². The Morgan fingerprint density at radius 3 is 2.77 bits per heavy atom. The molecule has 2 N–H and O–H groups in total. The van der Waals surface area contributed by atoms with Crippen molar-refractivity contribution in [1.82, 2.24) is 10.6 Å². The average Bonchev–Trinajstić information content (AvgIpc) is 2.93. The molecule has 1 aromatic rings. The van der Waals surface area contributed by atoms with Gasteiger partial charge in [0.1, 0.15) is 11.9 Å². The summed E-state index contributed by atoms with van der Waals surface area (Å²) < 4.78 is 18.2. The van der Waals surface area contributed by atoms with Crippen LogP contribution in [0.3, 0.4) is 0 Å². The maximum absolute atomic E-state index is 13.5. The third kappa shape index (κ3) is 3.54. The minimum absolute atomic E-state index is 0.0956. The lowest BCUT2D eigenvalue weighted by Crippen LogP contribution is -2.45. The molecule has 0 aliphatic carbocycles. The van der Waals surface area contributed by atoms with Crippen LogP contribution in [-0.2, 0) is 19.1 Å². The Morgan fingerprint density at radius 2 is 2.23 bits per heavy atom. The maximum Gasteiger partial charge on any atom is 0.333 e. The number of amides is 2. The molecule has 1 aromatic carbocycles. The Kier molecular flexibility index (Phi) is 4.97. The second kappa shape index (κ2) is 6.74. The van der Waals surface area contributed by atoms with Gasteiger partial charge in [-0.25, -0.2) is 9.18 Å². The zero-order valence-corrected chi connectivity index (χ0v) is 12.4. The van der Waals surface area contributed by atoms with E-state index in [0.29, 0.717) is 6.42 Å². The van der Waals surface area contributed by atoms with E-state index in [1.807, 2.05) is 0 Å². The SMILES string of the molecule is COC(=O)[C@@H](NC(=O)[C@@H]1CCC(=O)N1)c1ccc(Cl)c(F)c1. The van der Waals surface area contributed by atoms with Crippen LogP contribution in [0.4, 0.5) is 4.39 Å². The molecule has 0 unspecified atom stereocenters. The van der Waals surface area contributed by atoms with Crippen LogP contribution in [0.1, 0.15) is 24.4 Å². The molecule has 1 heterocycles. The third-order valence-corrected chi connectivity index (χ3v) is 3.62. The molecule has 2 amide bonds. The summed E-state index contributed by atoms with van der Waals surface area (Å²) in [4.78, 5) is 35.1. The summed E-state index contributed by atoms with van der Waals surface area (Å²) in [6, 6.07) is 1.86. The number of carbonyl (C=O) groups is 3. The molecule has 6 nitrogen and oxygen atoms in total.